The minimum Gasteiger partial charge on any atom is -0.416 e. The number of aliphatic hydroxyl groups is 1. The third-order valence-electron chi connectivity index (χ3n) is 6.92. The minimum absolute atomic E-state index is 0.397. The smallest absolute Gasteiger partial charge is 0.200 e. The van der Waals surface area contributed by atoms with Gasteiger partial charge in [0, 0.05) is 6.61 Å². The SMILES string of the molecule is CC(C)[Si](OCC[C@@H]1C[C@]1(O)CCCC1=CCC=CC1)(C(C)C)C(C)C. The second-order valence-electron chi connectivity index (χ2n) is 9.59. The molecule has 1 fully saturated rings. The van der Waals surface area contributed by atoms with Crippen molar-refractivity contribution in [1.82, 2.24) is 0 Å². The molecule has 0 heterocycles. The molecule has 0 amide bonds. The van der Waals surface area contributed by atoms with Gasteiger partial charge in [-0.1, -0.05) is 65.3 Å². The van der Waals surface area contributed by atoms with Crippen LogP contribution in [0.15, 0.2) is 23.8 Å². The van der Waals surface area contributed by atoms with Crippen molar-refractivity contribution in [1.29, 1.82) is 0 Å². The zero-order chi connectivity index (χ0) is 19.4. The van der Waals surface area contributed by atoms with E-state index in [-0.39, 0.29) is 0 Å². The molecule has 2 aliphatic rings. The van der Waals surface area contributed by atoms with Crippen molar-refractivity contribution in [3.8, 4) is 0 Å². The van der Waals surface area contributed by atoms with Gasteiger partial charge in [-0.3, -0.25) is 0 Å². The van der Waals surface area contributed by atoms with E-state index in [0.717, 1.165) is 51.6 Å². The van der Waals surface area contributed by atoms with Crippen molar-refractivity contribution >= 4 is 8.32 Å². The molecule has 0 aromatic heterocycles. The van der Waals surface area contributed by atoms with E-state index in [2.05, 4.69) is 59.8 Å². The summed E-state index contributed by atoms with van der Waals surface area (Å²) in [5.74, 6) is 0.459. The van der Waals surface area contributed by atoms with Crippen LogP contribution in [0.1, 0.15) is 86.5 Å². The third-order valence-corrected chi connectivity index (χ3v) is 13.0. The van der Waals surface area contributed by atoms with Crippen LogP contribution in [-0.4, -0.2) is 25.6 Å². The first-order valence-electron chi connectivity index (χ1n) is 10.9. The van der Waals surface area contributed by atoms with Crippen LogP contribution in [0.25, 0.3) is 0 Å². The van der Waals surface area contributed by atoms with Crippen LogP contribution in [-0.2, 0) is 4.43 Å². The highest BCUT2D eigenvalue weighted by atomic mass is 28.4. The number of hydrogen-bond acceptors (Lipinski definition) is 2. The van der Waals surface area contributed by atoms with E-state index in [9.17, 15) is 5.11 Å². The zero-order valence-electron chi connectivity index (χ0n) is 18.1. The maximum absolute atomic E-state index is 10.8. The van der Waals surface area contributed by atoms with Gasteiger partial charge in [0.2, 0.25) is 0 Å². The molecule has 2 aliphatic carbocycles. The molecule has 0 bridgehead atoms. The molecule has 0 aliphatic heterocycles. The Morgan fingerprint density at radius 3 is 2.31 bits per heavy atom. The fourth-order valence-corrected chi connectivity index (χ4v) is 10.9. The molecule has 3 heteroatoms. The van der Waals surface area contributed by atoms with Crippen molar-refractivity contribution in [3.63, 3.8) is 0 Å². The molecule has 0 unspecified atom stereocenters. The van der Waals surface area contributed by atoms with Gasteiger partial charge in [0.25, 0.3) is 0 Å². The van der Waals surface area contributed by atoms with Crippen molar-refractivity contribution in [2.45, 2.75) is 109 Å². The Morgan fingerprint density at radius 2 is 1.77 bits per heavy atom. The molecule has 0 saturated heterocycles. The fraction of sp³-hybridized carbons (Fsp3) is 0.826. The first kappa shape index (κ1) is 21.9. The van der Waals surface area contributed by atoms with E-state index in [4.69, 9.17) is 4.43 Å². The second-order valence-corrected chi connectivity index (χ2v) is 15.0. The van der Waals surface area contributed by atoms with Gasteiger partial charge in [0.1, 0.15) is 0 Å². The Hall–Kier alpha value is -0.383. The lowest BCUT2D eigenvalue weighted by Gasteiger charge is -2.42. The van der Waals surface area contributed by atoms with Gasteiger partial charge in [-0.05, 0) is 67.5 Å². The van der Waals surface area contributed by atoms with Crippen LogP contribution in [0.5, 0.6) is 0 Å². The molecule has 2 atom stereocenters. The molecule has 0 aromatic carbocycles. The summed E-state index contributed by atoms with van der Waals surface area (Å²) in [7, 11) is -1.76. The summed E-state index contributed by atoms with van der Waals surface area (Å²) in [5, 5.41) is 10.8. The summed E-state index contributed by atoms with van der Waals surface area (Å²) in [6.07, 6.45) is 14.3. The predicted octanol–water partition coefficient (Wildman–Crippen LogP) is 6.77. The van der Waals surface area contributed by atoms with E-state index in [0.29, 0.717) is 22.5 Å². The predicted molar refractivity (Wildman–Crippen MR) is 115 cm³/mol. The first-order valence-corrected chi connectivity index (χ1v) is 13.1. The van der Waals surface area contributed by atoms with Crippen molar-refractivity contribution < 1.29 is 9.53 Å². The molecule has 2 rings (SSSR count). The molecule has 0 radical (unpaired) electrons. The Labute approximate surface area is 163 Å². The van der Waals surface area contributed by atoms with Crippen LogP contribution < -0.4 is 0 Å². The second kappa shape index (κ2) is 9.21. The van der Waals surface area contributed by atoms with Crippen molar-refractivity contribution in [2.24, 2.45) is 5.92 Å². The lowest BCUT2D eigenvalue weighted by atomic mass is 9.98. The molecular weight excluding hydrogens is 336 g/mol. The summed E-state index contributed by atoms with van der Waals surface area (Å²) in [4.78, 5) is 0. The van der Waals surface area contributed by atoms with Gasteiger partial charge in [0.15, 0.2) is 8.32 Å². The Bertz CT molecular complexity index is 485. The third kappa shape index (κ3) is 5.11. The van der Waals surface area contributed by atoms with Crippen LogP contribution in [0.4, 0.5) is 0 Å². The van der Waals surface area contributed by atoms with Crippen LogP contribution in [0, 0.1) is 5.92 Å². The number of hydrogen-bond donors (Lipinski definition) is 1. The molecule has 0 aromatic rings. The lowest BCUT2D eigenvalue weighted by molar-refractivity contribution is 0.111. The Kier molecular flexibility index (Phi) is 7.76. The van der Waals surface area contributed by atoms with Gasteiger partial charge >= 0.3 is 0 Å². The maximum Gasteiger partial charge on any atom is 0.200 e. The summed E-state index contributed by atoms with van der Waals surface area (Å²) in [6.45, 7) is 14.9. The average molecular weight is 379 g/mol. The summed E-state index contributed by atoms with van der Waals surface area (Å²) < 4.78 is 6.67. The molecular formula is C23H42O2Si. The monoisotopic (exact) mass is 378 g/mol. The Balaban J connectivity index is 1.74. The number of rotatable bonds is 11. The Morgan fingerprint density at radius 1 is 1.12 bits per heavy atom. The van der Waals surface area contributed by atoms with Crippen LogP contribution >= 0.6 is 0 Å². The fourth-order valence-electron chi connectivity index (χ4n) is 5.40. The molecule has 0 spiro atoms. The lowest BCUT2D eigenvalue weighted by Crippen LogP contribution is -2.48. The van der Waals surface area contributed by atoms with Crippen LogP contribution in [0.2, 0.25) is 16.6 Å². The molecule has 1 saturated carbocycles. The largest absolute Gasteiger partial charge is 0.416 e. The van der Waals surface area contributed by atoms with E-state index in [1.54, 1.807) is 5.57 Å². The normalized spacial score (nSPS) is 26.1. The summed E-state index contributed by atoms with van der Waals surface area (Å²) in [6, 6.07) is 0. The summed E-state index contributed by atoms with van der Waals surface area (Å²) >= 11 is 0. The highest BCUT2D eigenvalue weighted by molar-refractivity contribution is 6.77. The topological polar surface area (TPSA) is 29.5 Å². The average Bonchev–Trinajstić information content (AvgIpc) is 3.21. The van der Waals surface area contributed by atoms with Gasteiger partial charge in [-0.15, -0.1) is 0 Å². The minimum atomic E-state index is -1.76. The molecule has 26 heavy (non-hydrogen) atoms. The highest BCUT2D eigenvalue weighted by Gasteiger charge is 2.52. The summed E-state index contributed by atoms with van der Waals surface area (Å²) in [5.41, 5.74) is 3.07. The first-order chi connectivity index (χ1) is 12.2. The van der Waals surface area contributed by atoms with Crippen molar-refractivity contribution in [3.05, 3.63) is 23.8 Å². The zero-order valence-corrected chi connectivity index (χ0v) is 19.1. The number of allylic oxidation sites excluding steroid dienone is 4. The highest BCUT2D eigenvalue weighted by Crippen LogP contribution is 2.50. The van der Waals surface area contributed by atoms with Gasteiger partial charge in [-0.25, -0.2) is 0 Å². The van der Waals surface area contributed by atoms with E-state index in [1.165, 1.54) is 0 Å². The van der Waals surface area contributed by atoms with E-state index >= 15 is 0 Å². The molecule has 1 N–H and O–H groups in total. The van der Waals surface area contributed by atoms with Gasteiger partial charge < -0.3 is 9.53 Å². The maximum atomic E-state index is 10.8. The van der Waals surface area contributed by atoms with Crippen molar-refractivity contribution in [2.75, 3.05) is 6.61 Å². The van der Waals surface area contributed by atoms with E-state index in [1.807, 2.05) is 0 Å². The van der Waals surface area contributed by atoms with Gasteiger partial charge in [-0.2, -0.15) is 0 Å². The molecule has 150 valence electrons. The molecule has 2 nitrogen and oxygen atoms in total. The standard InChI is InChI=1S/C23H42O2Si/c1-18(2)26(19(3)4,20(5)6)25-16-14-22-17-23(22,24)15-10-13-21-11-8-7-9-12-21/h7-8,12,18-20,22,24H,9-11,13-17H2,1-6H3/t22-,23-/m1/s1. The van der Waals surface area contributed by atoms with E-state index < -0.39 is 13.9 Å². The quantitative estimate of drug-likeness (QED) is 0.317. The van der Waals surface area contributed by atoms with Crippen LogP contribution in [0.3, 0.4) is 0 Å². The van der Waals surface area contributed by atoms with Gasteiger partial charge in [0.05, 0.1) is 5.60 Å².